The Morgan fingerprint density at radius 3 is 2.76 bits per heavy atom. The summed E-state index contributed by atoms with van der Waals surface area (Å²) < 4.78 is 5.62. The quantitative estimate of drug-likeness (QED) is 0.870. The average Bonchev–Trinajstić information content (AvgIpc) is 2.88. The molecule has 1 unspecified atom stereocenters. The van der Waals surface area contributed by atoms with Crippen LogP contribution in [-0.2, 0) is 6.42 Å². The highest BCUT2D eigenvalue weighted by molar-refractivity contribution is 7.07. The number of thiophene rings is 1. The molecule has 0 aliphatic heterocycles. The minimum atomic E-state index is 0.354. The fourth-order valence-corrected chi connectivity index (χ4v) is 2.86. The Balaban J connectivity index is 2.19. The molecule has 2 nitrogen and oxygen atoms in total. The molecule has 0 amide bonds. The fraction of sp³-hybridized carbons (Fsp3) is 0.429. The first-order valence-corrected chi connectivity index (χ1v) is 6.96. The van der Waals surface area contributed by atoms with Gasteiger partial charge in [-0.15, -0.1) is 0 Å². The van der Waals surface area contributed by atoms with Crippen LogP contribution in [-0.4, -0.2) is 6.54 Å². The Kier molecular flexibility index (Phi) is 4.02. The van der Waals surface area contributed by atoms with Gasteiger partial charge < -0.3 is 9.73 Å². The number of nitrogens with one attached hydrogen (secondary N) is 1. The molecule has 0 saturated carbocycles. The molecule has 0 fully saturated rings. The van der Waals surface area contributed by atoms with Gasteiger partial charge in [0.25, 0.3) is 0 Å². The molecule has 1 atom stereocenters. The standard InChI is InChI=1S/C14H19NOS/c1-4-15-14(8-12-5-6-17-9-12)13-7-10(2)16-11(13)3/h5-7,9,14-15H,4,8H2,1-3H3. The lowest BCUT2D eigenvalue weighted by Crippen LogP contribution is -2.23. The zero-order valence-electron chi connectivity index (χ0n) is 10.6. The molecular weight excluding hydrogens is 230 g/mol. The number of likely N-dealkylation sites (N-methyl/N-ethyl adjacent to an activating group) is 1. The summed E-state index contributed by atoms with van der Waals surface area (Å²) >= 11 is 1.75. The fourth-order valence-electron chi connectivity index (χ4n) is 2.18. The maximum absolute atomic E-state index is 5.62. The second-order valence-corrected chi connectivity index (χ2v) is 5.09. The van der Waals surface area contributed by atoms with Gasteiger partial charge in [0, 0.05) is 11.6 Å². The third kappa shape index (κ3) is 2.99. The van der Waals surface area contributed by atoms with Crippen molar-refractivity contribution in [3.05, 3.63) is 45.5 Å². The van der Waals surface area contributed by atoms with E-state index in [4.69, 9.17) is 4.42 Å². The summed E-state index contributed by atoms with van der Waals surface area (Å²) in [5, 5.41) is 7.88. The van der Waals surface area contributed by atoms with Gasteiger partial charge in [0.1, 0.15) is 11.5 Å². The van der Waals surface area contributed by atoms with Crippen LogP contribution < -0.4 is 5.32 Å². The molecule has 92 valence electrons. The van der Waals surface area contributed by atoms with E-state index in [0.29, 0.717) is 6.04 Å². The van der Waals surface area contributed by atoms with E-state index in [1.165, 1.54) is 11.1 Å². The first-order valence-electron chi connectivity index (χ1n) is 6.02. The average molecular weight is 249 g/mol. The van der Waals surface area contributed by atoms with Gasteiger partial charge in [0.05, 0.1) is 0 Å². The second-order valence-electron chi connectivity index (χ2n) is 4.31. The molecule has 0 aromatic carbocycles. The Hall–Kier alpha value is -1.06. The second kappa shape index (κ2) is 5.52. The molecule has 2 rings (SSSR count). The third-order valence-corrected chi connectivity index (χ3v) is 3.66. The van der Waals surface area contributed by atoms with E-state index >= 15 is 0 Å². The normalized spacial score (nSPS) is 12.9. The van der Waals surface area contributed by atoms with Crippen LogP contribution >= 0.6 is 11.3 Å². The van der Waals surface area contributed by atoms with E-state index in [-0.39, 0.29) is 0 Å². The molecule has 2 aromatic rings. The maximum Gasteiger partial charge on any atom is 0.105 e. The Morgan fingerprint density at radius 2 is 2.24 bits per heavy atom. The molecule has 17 heavy (non-hydrogen) atoms. The first-order chi connectivity index (χ1) is 8.20. The van der Waals surface area contributed by atoms with Crippen molar-refractivity contribution < 1.29 is 4.42 Å². The van der Waals surface area contributed by atoms with Crippen molar-refractivity contribution in [2.75, 3.05) is 6.54 Å². The molecule has 0 aliphatic rings. The molecule has 1 N–H and O–H groups in total. The highest BCUT2D eigenvalue weighted by atomic mass is 32.1. The number of hydrogen-bond acceptors (Lipinski definition) is 3. The van der Waals surface area contributed by atoms with Crippen LogP contribution in [0.15, 0.2) is 27.3 Å². The van der Waals surface area contributed by atoms with E-state index in [2.05, 4.69) is 35.1 Å². The van der Waals surface area contributed by atoms with Crippen molar-refractivity contribution in [2.45, 2.75) is 33.2 Å². The SMILES string of the molecule is CCNC(Cc1ccsc1)c1cc(C)oc1C. The van der Waals surface area contributed by atoms with Crippen molar-refractivity contribution in [3.8, 4) is 0 Å². The predicted octanol–water partition coefficient (Wildman–Crippen LogP) is 3.85. The lowest BCUT2D eigenvalue weighted by Gasteiger charge is -2.16. The summed E-state index contributed by atoms with van der Waals surface area (Å²) in [6.45, 7) is 7.16. The Labute approximate surface area is 107 Å². The minimum Gasteiger partial charge on any atom is -0.466 e. The lowest BCUT2D eigenvalue weighted by molar-refractivity contribution is 0.484. The van der Waals surface area contributed by atoms with Crippen molar-refractivity contribution in [2.24, 2.45) is 0 Å². The summed E-state index contributed by atoms with van der Waals surface area (Å²) in [4.78, 5) is 0. The summed E-state index contributed by atoms with van der Waals surface area (Å²) in [5.74, 6) is 2.02. The van der Waals surface area contributed by atoms with Gasteiger partial charge in [-0.05, 0) is 55.3 Å². The largest absolute Gasteiger partial charge is 0.466 e. The number of rotatable bonds is 5. The molecule has 0 saturated heterocycles. The van der Waals surface area contributed by atoms with Gasteiger partial charge in [-0.3, -0.25) is 0 Å². The van der Waals surface area contributed by atoms with Crippen molar-refractivity contribution in [3.63, 3.8) is 0 Å². The van der Waals surface area contributed by atoms with Gasteiger partial charge in [0.2, 0.25) is 0 Å². The van der Waals surface area contributed by atoms with Crippen LogP contribution in [0.3, 0.4) is 0 Å². The van der Waals surface area contributed by atoms with Crippen LogP contribution in [0.5, 0.6) is 0 Å². The molecule has 0 spiro atoms. The number of aryl methyl sites for hydroxylation is 2. The van der Waals surface area contributed by atoms with Gasteiger partial charge in [-0.1, -0.05) is 6.92 Å². The highest BCUT2D eigenvalue weighted by Gasteiger charge is 2.16. The van der Waals surface area contributed by atoms with Gasteiger partial charge >= 0.3 is 0 Å². The molecule has 0 aliphatic carbocycles. The molecule has 3 heteroatoms. The topological polar surface area (TPSA) is 25.2 Å². The number of hydrogen-bond donors (Lipinski definition) is 1. The lowest BCUT2D eigenvalue weighted by atomic mass is 10.0. The molecule has 0 radical (unpaired) electrons. The summed E-state index contributed by atoms with van der Waals surface area (Å²) in [6, 6.07) is 4.69. The maximum atomic E-state index is 5.62. The van der Waals surface area contributed by atoms with Gasteiger partial charge in [-0.2, -0.15) is 11.3 Å². The van der Waals surface area contributed by atoms with Gasteiger partial charge in [-0.25, -0.2) is 0 Å². The zero-order valence-corrected chi connectivity index (χ0v) is 11.4. The summed E-state index contributed by atoms with van der Waals surface area (Å²) in [7, 11) is 0. The van der Waals surface area contributed by atoms with Gasteiger partial charge in [0.15, 0.2) is 0 Å². The van der Waals surface area contributed by atoms with Crippen LogP contribution in [0.1, 0.15) is 35.6 Å². The Bertz CT molecular complexity index is 459. The van der Waals surface area contributed by atoms with Crippen LogP contribution in [0, 0.1) is 13.8 Å². The van der Waals surface area contributed by atoms with E-state index in [1.807, 2.05) is 13.8 Å². The van der Waals surface area contributed by atoms with Crippen LogP contribution in [0.2, 0.25) is 0 Å². The van der Waals surface area contributed by atoms with Crippen molar-refractivity contribution in [1.29, 1.82) is 0 Å². The summed E-state index contributed by atoms with van der Waals surface area (Å²) in [5.41, 5.74) is 2.68. The monoisotopic (exact) mass is 249 g/mol. The highest BCUT2D eigenvalue weighted by Crippen LogP contribution is 2.25. The first kappa shape index (κ1) is 12.4. The predicted molar refractivity (Wildman–Crippen MR) is 72.6 cm³/mol. The van der Waals surface area contributed by atoms with E-state index in [0.717, 1.165) is 24.5 Å². The minimum absolute atomic E-state index is 0.354. The van der Waals surface area contributed by atoms with E-state index in [9.17, 15) is 0 Å². The third-order valence-electron chi connectivity index (χ3n) is 2.93. The summed E-state index contributed by atoms with van der Waals surface area (Å²) in [6.07, 6.45) is 1.02. The van der Waals surface area contributed by atoms with Crippen molar-refractivity contribution >= 4 is 11.3 Å². The van der Waals surface area contributed by atoms with Crippen LogP contribution in [0.4, 0.5) is 0 Å². The zero-order chi connectivity index (χ0) is 12.3. The Morgan fingerprint density at radius 1 is 1.41 bits per heavy atom. The number of furan rings is 1. The molecule has 2 aromatic heterocycles. The molecule has 2 heterocycles. The van der Waals surface area contributed by atoms with Crippen LogP contribution in [0.25, 0.3) is 0 Å². The molecular formula is C14H19NOS. The smallest absolute Gasteiger partial charge is 0.105 e. The van der Waals surface area contributed by atoms with Crippen molar-refractivity contribution in [1.82, 2.24) is 5.32 Å². The van der Waals surface area contributed by atoms with E-state index in [1.54, 1.807) is 11.3 Å². The molecule has 0 bridgehead atoms. The van der Waals surface area contributed by atoms with E-state index < -0.39 is 0 Å².